The Morgan fingerprint density at radius 3 is 2.80 bits per heavy atom. The lowest BCUT2D eigenvalue weighted by atomic mass is 9.79. The van der Waals surface area contributed by atoms with Gasteiger partial charge in [0, 0.05) is 7.11 Å². The molecule has 0 fully saturated rings. The van der Waals surface area contributed by atoms with Crippen molar-refractivity contribution in [2.75, 3.05) is 20.5 Å². The molecule has 0 radical (unpaired) electrons. The third kappa shape index (κ3) is 4.44. The molecule has 15 heavy (non-hydrogen) atoms. The maximum absolute atomic E-state index is 8.96. The number of methoxy groups -OCH3 is 1. The molecule has 2 N–H and O–H groups in total. The van der Waals surface area contributed by atoms with Crippen LogP contribution in [0.4, 0.5) is 0 Å². The molecular weight excluding hydrogens is 195 g/mol. The number of benzene rings is 1. The molecule has 0 saturated carbocycles. The lowest BCUT2D eigenvalue weighted by molar-refractivity contribution is -0.0291. The summed E-state index contributed by atoms with van der Waals surface area (Å²) in [7, 11) is 0.160. The van der Waals surface area contributed by atoms with E-state index in [9.17, 15) is 0 Å². The number of ether oxygens (including phenoxy) is 2. The van der Waals surface area contributed by atoms with Crippen LogP contribution < -0.4 is 5.46 Å². The van der Waals surface area contributed by atoms with Crippen LogP contribution in [0.25, 0.3) is 0 Å². The summed E-state index contributed by atoms with van der Waals surface area (Å²) in [6.45, 7) is 0.834. The van der Waals surface area contributed by atoms with Crippen molar-refractivity contribution in [1.29, 1.82) is 0 Å². The molecule has 1 rings (SSSR count). The van der Waals surface area contributed by atoms with Gasteiger partial charge in [0.05, 0.1) is 6.61 Å². The molecule has 1 aromatic rings. The Balaban J connectivity index is 2.43. The van der Waals surface area contributed by atoms with E-state index in [1.807, 2.05) is 6.07 Å². The molecular formula is C10H15BO4. The second kappa shape index (κ2) is 6.58. The van der Waals surface area contributed by atoms with Gasteiger partial charge in [0.25, 0.3) is 0 Å². The quantitative estimate of drug-likeness (QED) is 0.378. The predicted octanol–water partition coefficient (Wildman–Crippen LogP) is -0.471. The van der Waals surface area contributed by atoms with E-state index in [-0.39, 0.29) is 6.79 Å². The molecule has 1 aromatic carbocycles. The fourth-order valence-electron chi connectivity index (χ4n) is 1.24. The molecule has 0 amide bonds. The summed E-state index contributed by atoms with van der Waals surface area (Å²) in [4.78, 5) is 0. The zero-order valence-corrected chi connectivity index (χ0v) is 8.72. The molecule has 4 nitrogen and oxygen atoms in total. The van der Waals surface area contributed by atoms with Crippen molar-refractivity contribution < 1.29 is 19.5 Å². The van der Waals surface area contributed by atoms with Crippen LogP contribution in [0.2, 0.25) is 0 Å². The van der Waals surface area contributed by atoms with Crippen LogP contribution in [-0.2, 0) is 15.9 Å². The van der Waals surface area contributed by atoms with Gasteiger partial charge < -0.3 is 19.5 Å². The smallest absolute Gasteiger partial charge is 0.423 e. The SMILES string of the molecule is COCOCCc1cccc(B(O)O)c1. The molecule has 0 heterocycles. The molecule has 0 aliphatic heterocycles. The zero-order chi connectivity index (χ0) is 11.1. The summed E-state index contributed by atoms with van der Waals surface area (Å²) >= 11 is 0. The Bertz CT molecular complexity index is 291. The van der Waals surface area contributed by atoms with Crippen molar-refractivity contribution in [3.63, 3.8) is 0 Å². The molecule has 5 heteroatoms. The van der Waals surface area contributed by atoms with E-state index in [0.29, 0.717) is 12.1 Å². The Morgan fingerprint density at radius 2 is 2.13 bits per heavy atom. The van der Waals surface area contributed by atoms with Crippen LogP contribution in [0.5, 0.6) is 0 Å². The summed E-state index contributed by atoms with van der Waals surface area (Å²) in [5.74, 6) is 0. The highest BCUT2D eigenvalue weighted by Crippen LogP contribution is 1.99. The molecule has 0 unspecified atom stereocenters. The maximum Gasteiger partial charge on any atom is 0.488 e. The first-order chi connectivity index (χ1) is 7.24. The molecule has 0 aromatic heterocycles. The van der Waals surface area contributed by atoms with E-state index in [0.717, 1.165) is 12.0 Å². The van der Waals surface area contributed by atoms with Gasteiger partial charge in [-0.25, -0.2) is 0 Å². The summed E-state index contributed by atoms with van der Waals surface area (Å²) in [6, 6.07) is 7.13. The minimum atomic E-state index is -1.41. The lowest BCUT2D eigenvalue weighted by Crippen LogP contribution is -2.29. The highest BCUT2D eigenvalue weighted by Gasteiger charge is 2.10. The average Bonchev–Trinajstić information content (AvgIpc) is 2.25. The van der Waals surface area contributed by atoms with Gasteiger partial charge in [0.1, 0.15) is 6.79 Å². The monoisotopic (exact) mass is 210 g/mol. The second-order valence-electron chi connectivity index (χ2n) is 3.18. The molecule has 0 aliphatic rings. The van der Waals surface area contributed by atoms with E-state index < -0.39 is 7.12 Å². The molecule has 82 valence electrons. The maximum atomic E-state index is 8.96. The average molecular weight is 210 g/mol. The highest BCUT2D eigenvalue weighted by atomic mass is 16.7. The Hall–Kier alpha value is -0.875. The predicted molar refractivity (Wildman–Crippen MR) is 57.8 cm³/mol. The van der Waals surface area contributed by atoms with Crippen molar-refractivity contribution in [1.82, 2.24) is 0 Å². The van der Waals surface area contributed by atoms with Crippen LogP contribution in [0.15, 0.2) is 24.3 Å². The first-order valence-electron chi connectivity index (χ1n) is 4.75. The summed E-state index contributed by atoms with van der Waals surface area (Å²) < 4.78 is 9.88. The normalized spacial score (nSPS) is 10.3. The van der Waals surface area contributed by atoms with Crippen molar-refractivity contribution >= 4 is 12.6 Å². The molecule has 0 atom stereocenters. The van der Waals surface area contributed by atoms with Gasteiger partial charge >= 0.3 is 7.12 Å². The van der Waals surface area contributed by atoms with Gasteiger partial charge in [-0.05, 0) is 17.4 Å². The lowest BCUT2D eigenvalue weighted by Gasteiger charge is -2.05. The minimum absolute atomic E-state index is 0.280. The van der Waals surface area contributed by atoms with E-state index >= 15 is 0 Å². The van der Waals surface area contributed by atoms with Crippen LogP contribution in [-0.4, -0.2) is 37.7 Å². The van der Waals surface area contributed by atoms with Gasteiger partial charge in [-0.15, -0.1) is 0 Å². The topological polar surface area (TPSA) is 58.9 Å². The molecule has 0 spiro atoms. The fourth-order valence-corrected chi connectivity index (χ4v) is 1.24. The van der Waals surface area contributed by atoms with E-state index in [2.05, 4.69) is 0 Å². The highest BCUT2D eigenvalue weighted by molar-refractivity contribution is 6.58. The van der Waals surface area contributed by atoms with Crippen LogP contribution >= 0.6 is 0 Å². The largest absolute Gasteiger partial charge is 0.488 e. The fraction of sp³-hybridized carbons (Fsp3) is 0.400. The first kappa shape index (κ1) is 12.2. The van der Waals surface area contributed by atoms with Crippen LogP contribution in [0, 0.1) is 0 Å². The zero-order valence-electron chi connectivity index (χ0n) is 8.72. The number of rotatable bonds is 6. The van der Waals surface area contributed by atoms with Gasteiger partial charge in [-0.2, -0.15) is 0 Å². The molecule has 0 saturated heterocycles. The third-order valence-corrected chi connectivity index (χ3v) is 1.99. The molecule has 0 bridgehead atoms. The van der Waals surface area contributed by atoms with Crippen LogP contribution in [0.1, 0.15) is 5.56 Å². The van der Waals surface area contributed by atoms with E-state index in [1.54, 1.807) is 25.3 Å². The Labute approximate surface area is 89.6 Å². The minimum Gasteiger partial charge on any atom is -0.423 e. The Morgan fingerprint density at radius 1 is 1.33 bits per heavy atom. The number of hydrogen-bond donors (Lipinski definition) is 2. The van der Waals surface area contributed by atoms with Crippen molar-refractivity contribution in [3.8, 4) is 0 Å². The summed E-state index contributed by atoms with van der Waals surface area (Å²) in [5.41, 5.74) is 1.51. The first-order valence-corrected chi connectivity index (χ1v) is 4.75. The van der Waals surface area contributed by atoms with Crippen molar-refractivity contribution in [2.24, 2.45) is 0 Å². The van der Waals surface area contributed by atoms with Gasteiger partial charge in [0.2, 0.25) is 0 Å². The molecule has 0 aliphatic carbocycles. The van der Waals surface area contributed by atoms with E-state index in [4.69, 9.17) is 19.5 Å². The Kier molecular flexibility index (Phi) is 5.35. The van der Waals surface area contributed by atoms with Crippen molar-refractivity contribution in [2.45, 2.75) is 6.42 Å². The van der Waals surface area contributed by atoms with Crippen molar-refractivity contribution in [3.05, 3.63) is 29.8 Å². The van der Waals surface area contributed by atoms with Gasteiger partial charge in [-0.3, -0.25) is 0 Å². The summed E-state index contributed by atoms with van der Waals surface area (Å²) in [5, 5.41) is 17.9. The van der Waals surface area contributed by atoms with Gasteiger partial charge in [0.15, 0.2) is 0 Å². The van der Waals surface area contributed by atoms with Gasteiger partial charge in [-0.1, -0.05) is 24.3 Å². The summed E-state index contributed by atoms with van der Waals surface area (Å²) in [6.07, 6.45) is 0.726. The number of hydrogen-bond acceptors (Lipinski definition) is 4. The van der Waals surface area contributed by atoms with Crippen LogP contribution in [0.3, 0.4) is 0 Å². The standard InChI is InChI=1S/C10H15BO4/c1-14-8-15-6-5-9-3-2-4-10(7-9)11(12)13/h2-4,7,12-13H,5-6,8H2,1H3. The third-order valence-electron chi connectivity index (χ3n) is 1.99. The van der Waals surface area contributed by atoms with E-state index in [1.165, 1.54) is 0 Å². The second-order valence-corrected chi connectivity index (χ2v) is 3.18.